The summed E-state index contributed by atoms with van der Waals surface area (Å²) in [5, 5.41) is 16.9. The Kier molecular flexibility index (Phi) is 7.92. The van der Waals surface area contributed by atoms with Crippen molar-refractivity contribution >= 4 is 32.9 Å². The first-order chi connectivity index (χ1) is 16.2. The van der Waals surface area contributed by atoms with Gasteiger partial charge in [-0.15, -0.1) is 15.3 Å². The van der Waals surface area contributed by atoms with E-state index in [0.717, 1.165) is 5.56 Å². The van der Waals surface area contributed by atoms with Gasteiger partial charge in [-0.1, -0.05) is 6.07 Å². The number of azo groups is 2. The lowest BCUT2D eigenvalue weighted by Crippen LogP contribution is -1.96. The van der Waals surface area contributed by atoms with E-state index in [1.165, 1.54) is 38.5 Å². The van der Waals surface area contributed by atoms with Gasteiger partial charge in [-0.2, -0.15) is 13.5 Å². The average Bonchev–Trinajstić information content (AvgIpc) is 2.82. The van der Waals surface area contributed by atoms with Gasteiger partial charge in [0, 0.05) is 12.1 Å². The molecule has 0 aromatic heterocycles. The maximum absolute atomic E-state index is 11.2. The minimum atomic E-state index is -4.28. The fraction of sp³-hybridized carbons (Fsp3) is 0.217. The van der Waals surface area contributed by atoms with Crippen LogP contribution < -0.4 is 14.2 Å². The van der Waals surface area contributed by atoms with E-state index < -0.39 is 10.1 Å². The van der Waals surface area contributed by atoms with Crippen LogP contribution in [0.4, 0.5) is 22.7 Å². The summed E-state index contributed by atoms with van der Waals surface area (Å²) in [7, 11) is -1.30. The number of hydrogen-bond donors (Lipinski definition) is 1. The molecule has 0 amide bonds. The maximum Gasteiger partial charge on any atom is 0.294 e. The molecule has 0 aliphatic heterocycles. The van der Waals surface area contributed by atoms with Gasteiger partial charge in [0.15, 0.2) is 0 Å². The van der Waals surface area contributed by atoms with Crippen molar-refractivity contribution in [2.24, 2.45) is 20.5 Å². The molecular weight excluding hydrogens is 460 g/mol. The first-order valence-corrected chi connectivity index (χ1v) is 11.6. The molecule has 0 heterocycles. The summed E-state index contributed by atoms with van der Waals surface area (Å²) >= 11 is 0. The van der Waals surface area contributed by atoms with E-state index in [4.69, 9.17) is 18.8 Å². The number of benzene rings is 3. The molecule has 11 heteroatoms. The summed E-state index contributed by atoms with van der Waals surface area (Å²) in [5.41, 5.74) is 2.75. The molecule has 0 saturated heterocycles. The van der Waals surface area contributed by atoms with Gasteiger partial charge in [-0.05, 0) is 55.8 Å². The molecule has 3 aromatic rings. The summed E-state index contributed by atoms with van der Waals surface area (Å²) in [4.78, 5) is -0.235. The minimum Gasteiger partial charge on any atom is -0.494 e. The van der Waals surface area contributed by atoms with Gasteiger partial charge < -0.3 is 14.2 Å². The second-order valence-electron chi connectivity index (χ2n) is 6.97. The molecule has 0 atom stereocenters. The van der Waals surface area contributed by atoms with Gasteiger partial charge in [-0.3, -0.25) is 4.55 Å². The van der Waals surface area contributed by atoms with E-state index in [1.807, 2.05) is 32.0 Å². The van der Waals surface area contributed by atoms with E-state index in [0.29, 0.717) is 46.6 Å². The third kappa shape index (κ3) is 6.15. The number of ether oxygens (including phenoxy) is 3. The second-order valence-corrected chi connectivity index (χ2v) is 8.39. The third-order valence-electron chi connectivity index (χ3n) is 4.57. The fourth-order valence-corrected chi connectivity index (χ4v) is 3.39. The molecule has 0 unspecified atom stereocenters. The Morgan fingerprint density at radius 2 is 1.29 bits per heavy atom. The van der Waals surface area contributed by atoms with Crippen LogP contribution in [0.25, 0.3) is 0 Å². The molecular formula is C23H24N4O6S. The van der Waals surface area contributed by atoms with Crippen LogP contribution in [0.15, 0.2) is 79.9 Å². The normalized spacial score (nSPS) is 11.8. The summed E-state index contributed by atoms with van der Waals surface area (Å²) in [5.74, 6) is 1.39. The lowest BCUT2D eigenvalue weighted by Gasteiger charge is -2.10. The third-order valence-corrected chi connectivity index (χ3v) is 5.44. The van der Waals surface area contributed by atoms with Gasteiger partial charge in [0.25, 0.3) is 10.1 Å². The molecule has 0 fully saturated rings. The average molecular weight is 485 g/mol. The zero-order valence-electron chi connectivity index (χ0n) is 19.1. The summed E-state index contributed by atoms with van der Waals surface area (Å²) in [6, 6.07) is 14.2. The van der Waals surface area contributed by atoms with Crippen molar-refractivity contribution in [1.29, 1.82) is 0 Å². The van der Waals surface area contributed by atoms with E-state index >= 15 is 0 Å². The van der Waals surface area contributed by atoms with Gasteiger partial charge in [0.2, 0.25) is 0 Å². The Morgan fingerprint density at radius 1 is 0.765 bits per heavy atom. The molecule has 3 aromatic carbocycles. The van der Waals surface area contributed by atoms with Crippen molar-refractivity contribution in [2.75, 3.05) is 20.8 Å². The van der Waals surface area contributed by atoms with Crippen LogP contribution in [0.1, 0.15) is 12.5 Å². The van der Waals surface area contributed by atoms with Crippen molar-refractivity contribution in [3.63, 3.8) is 0 Å². The smallest absolute Gasteiger partial charge is 0.294 e. The van der Waals surface area contributed by atoms with Crippen molar-refractivity contribution < 1.29 is 27.2 Å². The predicted octanol–water partition coefficient (Wildman–Crippen LogP) is 6.49. The predicted molar refractivity (Wildman–Crippen MR) is 127 cm³/mol. The largest absolute Gasteiger partial charge is 0.494 e. The van der Waals surface area contributed by atoms with Crippen LogP contribution in [0, 0.1) is 6.92 Å². The lowest BCUT2D eigenvalue weighted by molar-refractivity contribution is 0.341. The number of nitrogens with zero attached hydrogens (tertiary/aromatic N) is 4. The summed E-state index contributed by atoms with van der Waals surface area (Å²) < 4.78 is 47.9. The van der Waals surface area contributed by atoms with E-state index in [1.54, 1.807) is 12.1 Å². The first-order valence-electron chi connectivity index (χ1n) is 10.2. The molecule has 1 N–H and O–H groups in total. The van der Waals surface area contributed by atoms with Gasteiger partial charge in [0.1, 0.15) is 34.3 Å². The first kappa shape index (κ1) is 24.8. The van der Waals surface area contributed by atoms with Crippen molar-refractivity contribution in [3.05, 3.63) is 60.2 Å². The fourth-order valence-electron chi connectivity index (χ4n) is 2.91. The number of methoxy groups -OCH3 is 2. The molecule has 0 saturated carbocycles. The van der Waals surface area contributed by atoms with Crippen molar-refractivity contribution in [3.8, 4) is 17.2 Å². The van der Waals surface area contributed by atoms with Crippen molar-refractivity contribution in [1.82, 2.24) is 0 Å². The molecule has 0 aliphatic rings. The van der Waals surface area contributed by atoms with E-state index in [2.05, 4.69) is 20.5 Å². The number of aryl methyl sites for hydroxylation is 1. The second kappa shape index (κ2) is 10.9. The van der Waals surface area contributed by atoms with Crippen LogP contribution in [0.2, 0.25) is 0 Å². The Labute approximate surface area is 197 Å². The molecule has 0 spiro atoms. The highest BCUT2D eigenvalue weighted by Crippen LogP contribution is 2.41. The number of rotatable bonds is 9. The highest BCUT2D eigenvalue weighted by molar-refractivity contribution is 7.85. The molecule has 3 rings (SSSR count). The van der Waals surface area contributed by atoms with Crippen LogP contribution >= 0.6 is 0 Å². The zero-order chi connectivity index (χ0) is 24.7. The van der Waals surface area contributed by atoms with Crippen LogP contribution in [-0.2, 0) is 10.1 Å². The minimum absolute atomic E-state index is 0.235. The van der Waals surface area contributed by atoms with Gasteiger partial charge in [0.05, 0.1) is 31.4 Å². The van der Waals surface area contributed by atoms with Gasteiger partial charge >= 0.3 is 0 Å². The monoisotopic (exact) mass is 484 g/mol. The van der Waals surface area contributed by atoms with Crippen LogP contribution in [0.5, 0.6) is 17.2 Å². The Balaban J connectivity index is 1.92. The summed E-state index contributed by atoms with van der Waals surface area (Å²) in [6.07, 6.45) is 0. The molecule has 34 heavy (non-hydrogen) atoms. The summed E-state index contributed by atoms with van der Waals surface area (Å²) in [6.45, 7) is 4.35. The molecule has 0 aliphatic carbocycles. The van der Waals surface area contributed by atoms with Crippen molar-refractivity contribution in [2.45, 2.75) is 18.7 Å². The number of hydrogen-bond acceptors (Lipinski definition) is 9. The van der Waals surface area contributed by atoms with Crippen LogP contribution in [-0.4, -0.2) is 33.8 Å². The molecule has 0 bridgehead atoms. The van der Waals surface area contributed by atoms with Gasteiger partial charge in [-0.25, -0.2) is 0 Å². The van der Waals surface area contributed by atoms with E-state index in [9.17, 15) is 8.42 Å². The van der Waals surface area contributed by atoms with Crippen LogP contribution in [0.3, 0.4) is 0 Å². The molecule has 178 valence electrons. The zero-order valence-corrected chi connectivity index (χ0v) is 19.9. The maximum atomic E-state index is 11.2. The highest BCUT2D eigenvalue weighted by atomic mass is 32.2. The standard InChI is InChI=1S/C23H24N4O6S/c1-5-33-21-11-6-15(2)12-18(21)26-27-20-14-22(31-3)19(13-23(20)32-4)25-24-16-7-9-17(10-8-16)34(28,29)30/h6-14H,5H2,1-4H3,(H,28,29,30). The topological polar surface area (TPSA) is 132 Å². The Morgan fingerprint density at radius 3 is 1.79 bits per heavy atom. The molecule has 0 radical (unpaired) electrons. The highest BCUT2D eigenvalue weighted by Gasteiger charge is 2.13. The SMILES string of the molecule is CCOc1ccc(C)cc1N=Nc1cc(OC)c(N=Nc2ccc(S(=O)(=O)O)cc2)cc1OC. The quantitative estimate of drug-likeness (QED) is 0.273. The molecule has 10 nitrogen and oxygen atoms in total. The Hall–Kier alpha value is -3.83. The van der Waals surface area contributed by atoms with E-state index in [-0.39, 0.29) is 4.90 Å². The Bertz CT molecular complexity index is 1320. The lowest BCUT2D eigenvalue weighted by atomic mass is 10.2.